The molecule has 0 aromatic heterocycles. The lowest BCUT2D eigenvalue weighted by molar-refractivity contribution is -0.133. The molecule has 0 spiro atoms. The van der Waals surface area contributed by atoms with Gasteiger partial charge in [-0.2, -0.15) is 0 Å². The van der Waals surface area contributed by atoms with E-state index in [1.807, 2.05) is 13.8 Å². The molecule has 0 heterocycles. The topological polar surface area (TPSA) is 34.1 Å². The van der Waals surface area contributed by atoms with Crippen LogP contribution in [0.2, 0.25) is 0 Å². The molecule has 15 heavy (non-hydrogen) atoms. The maximum atomic E-state index is 13.4. The van der Waals surface area contributed by atoms with Gasteiger partial charge in [-0.3, -0.25) is 9.59 Å². The molecule has 1 aliphatic rings. The Bertz CT molecular complexity index is 373. The van der Waals surface area contributed by atoms with E-state index in [1.54, 1.807) is 13.8 Å². The Morgan fingerprint density at radius 2 is 1.53 bits per heavy atom. The Hall–Kier alpha value is -1.25. The quantitative estimate of drug-likeness (QED) is 0.518. The largest absolute Gasteiger partial charge is 0.285 e. The number of Topliss-reactive ketones (excluding diaryl/α,β-unsaturated/α-hetero) is 2. The predicted octanol–water partition coefficient (Wildman–Crippen LogP) is 2.60. The van der Waals surface area contributed by atoms with Gasteiger partial charge < -0.3 is 0 Å². The predicted molar refractivity (Wildman–Crippen MR) is 55.9 cm³/mol. The average Bonchev–Trinajstić information content (AvgIpc) is 2.13. The van der Waals surface area contributed by atoms with Crippen molar-refractivity contribution >= 4 is 11.6 Å². The molecule has 0 aromatic rings. The molecule has 0 aliphatic heterocycles. The number of hydrogen-bond acceptors (Lipinski definition) is 2. The van der Waals surface area contributed by atoms with Crippen LogP contribution in [0.15, 0.2) is 23.0 Å². The van der Waals surface area contributed by atoms with Crippen LogP contribution in [-0.4, -0.2) is 11.6 Å². The van der Waals surface area contributed by atoms with Crippen LogP contribution in [0.1, 0.15) is 27.7 Å². The van der Waals surface area contributed by atoms with Crippen molar-refractivity contribution in [2.75, 3.05) is 0 Å². The van der Waals surface area contributed by atoms with Gasteiger partial charge in [-0.05, 0) is 23.5 Å². The van der Waals surface area contributed by atoms with Crippen molar-refractivity contribution in [2.45, 2.75) is 27.7 Å². The van der Waals surface area contributed by atoms with Crippen LogP contribution < -0.4 is 0 Å². The molecule has 0 aromatic carbocycles. The van der Waals surface area contributed by atoms with Gasteiger partial charge in [-0.1, -0.05) is 27.7 Å². The summed E-state index contributed by atoms with van der Waals surface area (Å²) >= 11 is 0. The summed E-state index contributed by atoms with van der Waals surface area (Å²) < 4.78 is 13.4. The van der Waals surface area contributed by atoms with Crippen molar-refractivity contribution in [1.82, 2.24) is 0 Å². The fraction of sp³-hybridized carbons (Fsp3) is 0.500. The lowest BCUT2D eigenvalue weighted by Gasteiger charge is -2.18. The van der Waals surface area contributed by atoms with Crippen LogP contribution in [0.4, 0.5) is 4.39 Å². The van der Waals surface area contributed by atoms with E-state index < -0.39 is 17.4 Å². The first-order chi connectivity index (χ1) is 6.86. The van der Waals surface area contributed by atoms with E-state index >= 15 is 0 Å². The van der Waals surface area contributed by atoms with Gasteiger partial charge in [0.2, 0.25) is 5.78 Å². The van der Waals surface area contributed by atoms with Crippen LogP contribution in [0.3, 0.4) is 0 Å². The van der Waals surface area contributed by atoms with E-state index in [0.717, 1.165) is 0 Å². The summed E-state index contributed by atoms with van der Waals surface area (Å²) in [5.74, 6) is -2.73. The molecule has 3 heteroatoms. The zero-order valence-electron chi connectivity index (χ0n) is 9.43. The van der Waals surface area contributed by atoms with Gasteiger partial charge in [0.25, 0.3) is 5.78 Å². The van der Waals surface area contributed by atoms with Gasteiger partial charge in [0.1, 0.15) is 0 Å². The summed E-state index contributed by atoms with van der Waals surface area (Å²) in [6, 6.07) is 0. The smallest absolute Gasteiger partial charge is 0.261 e. The highest BCUT2D eigenvalue weighted by Gasteiger charge is 2.32. The van der Waals surface area contributed by atoms with Gasteiger partial charge in [-0.25, -0.2) is 4.39 Å². The van der Waals surface area contributed by atoms with Gasteiger partial charge in [0.05, 0.1) is 0 Å². The second-order valence-corrected chi connectivity index (χ2v) is 4.34. The standard InChI is InChI=1S/C12H15FO2/c1-6(2)8-5-9(7(3)4)11(14)12(15)10(8)13/h5-7H,1-4H3. The molecule has 0 fully saturated rings. The number of hydrogen-bond donors (Lipinski definition) is 0. The first-order valence-electron chi connectivity index (χ1n) is 5.06. The monoisotopic (exact) mass is 210 g/mol. The first-order valence-corrected chi connectivity index (χ1v) is 5.06. The van der Waals surface area contributed by atoms with Crippen molar-refractivity contribution < 1.29 is 14.0 Å². The Labute approximate surface area is 88.9 Å². The molecule has 0 unspecified atom stereocenters. The van der Waals surface area contributed by atoms with Crippen molar-refractivity contribution in [1.29, 1.82) is 0 Å². The molecule has 82 valence electrons. The van der Waals surface area contributed by atoms with Crippen molar-refractivity contribution in [3.05, 3.63) is 23.0 Å². The maximum Gasteiger partial charge on any atom is 0.261 e. The number of rotatable bonds is 2. The minimum Gasteiger partial charge on any atom is -0.285 e. The Morgan fingerprint density at radius 1 is 1.00 bits per heavy atom. The van der Waals surface area contributed by atoms with Crippen LogP contribution in [0.25, 0.3) is 0 Å². The van der Waals surface area contributed by atoms with E-state index in [4.69, 9.17) is 0 Å². The fourth-order valence-corrected chi connectivity index (χ4v) is 1.51. The van der Waals surface area contributed by atoms with Crippen molar-refractivity contribution in [2.24, 2.45) is 11.8 Å². The number of halogens is 1. The fourth-order valence-electron chi connectivity index (χ4n) is 1.51. The van der Waals surface area contributed by atoms with E-state index in [9.17, 15) is 14.0 Å². The number of ketones is 2. The summed E-state index contributed by atoms with van der Waals surface area (Å²) in [5.41, 5.74) is 0.744. The molecule has 0 radical (unpaired) electrons. The molecular weight excluding hydrogens is 195 g/mol. The molecule has 0 bridgehead atoms. The van der Waals surface area contributed by atoms with Crippen LogP contribution >= 0.6 is 0 Å². The molecule has 0 saturated heterocycles. The molecule has 2 nitrogen and oxygen atoms in total. The average molecular weight is 210 g/mol. The summed E-state index contributed by atoms with van der Waals surface area (Å²) in [6.07, 6.45) is 1.52. The summed E-state index contributed by atoms with van der Waals surface area (Å²) in [6.45, 7) is 7.23. The molecule has 0 amide bonds. The van der Waals surface area contributed by atoms with E-state index in [2.05, 4.69) is 0 Å². The molecular formula is C12H15FO2. The van der Waals surface area contributed by atoms with E-state index in [-0.39, 0.29) is 11.8 Å². The Kier molecular flexibility index (Phi) is 3.22. The van der Waals surface area contributed by atoms with Gasteiger partial charge in [-0.15, -0.1) is 0 Å². The number of carbonyl (C=O) groups excluding carboxylic acids is 2. The maximum absolute atomic E-state index is 13.4. The second kappa shape index (κ2) is 4.09. The zero-order valence-corrected chi connectivity index (χ0v) is 9.43. The van der Waals surface area contributed by atoms with Gasteiger partial charge in [0.15, 0.2) is 5.83 Å². The lowest BCUT2D eigenvalue weighted by Crippen LogP contribution is -2.25. The Morgan fingerprint density at radius 3 is 1.93 bits per heavy atom. The second-order valence-electron chi connectivity index (χ2n) is 4.34. The highest BCUT2D eigenvalue weighted by Crippen LogP contribution is 2.28. The highest BCUT2D eigenvalue weighted by atomic mass is 19.1. The summed E-state index contributed by atoms with van der Waals surface area (Å²) in [5, 5.41) is 0. The van der Waals surface area contributed by atoms with Crippen LogP contribution in [0.5, 0.6) is 0 Å². The SMILES string of the molecule is CC(C)C1=CC(C(C)C)=C(F)C(=O)C1=O. The molecule has 1 rings (SSSR count). The van der Waals surface area contributed by atoms with Gasteiger partial charge in [0, 0.05) is 5.57 Å². The van der Waals surface area contributed by atoms with Crippen molar-refractivity contribution in [3.63, 3.8) is 0 Å². The number of allylic oxidation sites excluding steroid dienone is 4. The third-order valence-corrected chi connectivity index (χ3v) is 2.48. The van der Waals surface area contributed by atoms with E-state index in [0.29, 0.717) is 11.1 Å². The number of carbonyl (C=O) groups is 2. The first kappa shape index (κ1) is 11.8. The van der Waals surface area contributed by atoms with E-state index in [1.165, 1.54) is 6.08 Å². The zero-order chi connectivity index (χ0) is 11.7. The third kappa shape index (κ3) is 2.06. The minimum atomic E-state index is -0.995. The van der Waals surface area contributed by atoms with Crippen molar-refractivity contribution in [3.8, 4) is 0 Å². The Balaban J connectivity index is 3.28. The highest BCUT2D eigenvalue weighted by molar-refractivity contribution is 6.49. The lowest BCUT2D eigenvalue weighted by atomic mass is 9.85. The summed E-state index contributed by atoms with van der Waals surface area (Å²) in [7, 11) is 0. The molecule has 0 N–H and O–H groups in total. The normalized spacial score (nSPS) is 17.9. The molecule has 0 atom stereocenters. The summed E-state index contributed by atoms with van der Waals surface area (Å²) in [4.78, 5) is 22.8. The molecule has 0 saturated carbocycles. The van der Waals surface area contributed by atoms with Crippen LogP contribution in [0, 0.1) is 11.8 Å². The third-order valence-electron chi connectivity index (χ3n) is 2.48. The van der Waals surface area contributed by atoms with Crippen LogP contribution in [-0.2, 0) is 9.59 Å². The molecule has 1 aliphatic carbocycles. The minimum absolute atomic E-state index is 0.0525. The van der Waals surface area contributed by atoms with Gasteiger partial charge >= 0.3 is 0 Å².